The summed E-state index contributed by atoms with van der Waals surface area (Å²) in [4.78, 5) is 12.9. The molecule has 1 unspecified atom stereocenters. The summed E-state index contributed by atoms with van der Waals surface area (Å²) < 4.78 is 11.3. The third-order valence-corrected chi connectivity index (χ3v) is 4.77. The van der Waals surface area contributed by atoms with E-state index < -0.39 is 5.60 Å². The van der Waals surface area contributed by atoms with Gasteiger partial charge in [0.25, 0.3) is 0 Å². The van der Waals surface area contributed by atoms with Crippen molar-refractivity contribution >= 4 is 5.91 Å². The minimum absolute atomic E-state index is 0.0132. The Hall–Kier alpha value is -1.75. The van der Waals surface area contributed by atoms with E-state index in [1.165, 1.54) is 12.8 Å². The normalized spacial score (nSPS) is 19.1. The van der Waals surface area contributed by atoms with Gasteiger partial charge in [0.1, 0.15) is 13.2 Å². The summed E-state index contributed by atoms with van der Waals surface area (Å²) in [5, 5.41) is 12.8. The molecule has 3 rings (SSSR count). The molecule has 1 aromatic carbocycles. The lowest BCUT2D eigenvalue weighted by molar-refractivity contribution is -0.124. The predicted octanol–water partition coefficient (Wildman–Crippen LogP) is 2.62. The van der Waals surface area contributed by atoms with Gasteiger partial charge in [0.05, 0.1) is 11.5 Å². The van der Waals surface area contributed by atoms with Crippen LogP contribution in [-0.4, -0.2) is 36.4 Å². The van der Waals surface area contributed by atoms with E-state index in [9.17, 15) is 9.90 Å². The zero-order valence-electron chi connectivity index (χ0n) is 14.5. The Balaban J connectivity index is 1.83. The number of ether oxygens (including phenoxy) is 2. The topological polar surface area (TPSA) is 67.8 Å². The number of carbonyl (C=O) groups excluding carboxylic acids is 1. The van der Waals surface area contributed by atoms with Gasteiger partial charge in [-0.05, 0) is 50.3 Å². The first kappa shape index (κ1) is 17.1. The van der Waals surface area contributed by atoms with Gasteiger partial charge in [0.2, 0.25) is 5.91 Å². The van der Waals surface area contributed by atoms with Crippen molar-refractivity contribution in [2.45, 2.75) is 51.0 Å². The van der Waals surface area contributed by atoms with Crippen LogP contribution >= 0.6 is 0 Å². The standard InChI is InChI=1S/C19H27NO4/c1-19(2,22)12-20-18(21)17(13-5-3-4-6-13)14-7-8-15-16(11-14)24-10-9-23-15/h7-8,11,13,17,22H,3-6,9-10,12H2,1-2H3,(H,20,21). The van der Waals surface area contributed by atoms with Crippen LogP contribution in [0.25, 0.3) is 0 Å². The highest BCUT2D eigenvalue weighted by Crippen LogP contribution is 2.40. The lowest BCUT2D eigenvalue weighted by atomic mass is 9.83. The maximum absolute atomic E-state index is 12.9. The van der Waals surface area contributed by atoms with Crippen molar-refractivity contribution in [2.24, 2.45) is 5.92 Å². The van der Waals surface area contributed by atoms with Crippen molar-refractivity contribution in [1.29, 1.82) is 0 Å². The fourth-order valence-electron chi connectivity index (χ4n) is 3.60. The van der Waals surface area contributed by atoms with Crippen molar-refractivity contribution in [2.75, 3.05) is 19.8 Å². The molecule has 1 amide bonds. The van der Waals surface area contributed by atoms with E-state index in [1.807, 2.05) is 18.2 Å². The minimum Gasteiger partial charge on any atom is -0.486 e. The van der Waals surface area contributed by atoms with Crippen molar-refractivity contribution in [3.05, 3.63) is 23.8 Å². The lowest BCUT2D eigenvalue weighted by Gasteiger charge is -2.27. The number of hydrogen-bond donors (Lipinski definition) is 2. The van der Waals surface area contributed by atoms with E-state index in [2.05, 4.69) is 5.32 Å². The molecular formula is C19H27NO4. The van der Waals surface area contributed by atoms with Crippen molar-refractivity contribution in [3.63, 3.8) is 0 Å². The summed E-state index contributed by atoms with van der Waals surface area (Å²) in [5.74, 6) is 1.59. The average Bonchev–Trinajstić information content (AvgIpc) is 3.06. The SMILES string of the molecule is CC(C)(O)CNC(=O)C(c1ccc2c(c1)OCCO2)C1CCCC1. The Bertz CT molecular complexity index is 588. The number of carbonyl (C=O) groups is 1. The minimum atomic E-state index is -0.914. The molecule has 5 nitrogen and oxygen atoms in total. The number of rotatable bonds is 5. The molecule has 0 saturated heterocycles. The third-order valence-electron chi connectivity index (χ3n) is 4.77. The van der Waals surface area contributed by atoms with Crippen LogP contribution in [0, 0.1) is 5.92 Å². The Morgan fingerprint density at radius 2 is 1.92 bits per heavy atom. The highest BCUT2D eigenvalue weighted by atomic mass is 16.6. The maximum atomic E-state index is 12.9. The number of fused-ring (bicyclic) bond motifs is 1. The molecule has 132 valence electrons. The van der Waals surface area contributed by atoms with Crippen LogP contribution < -0.4 is 14.8 Å². The second-order valence-corrected chi connectivity index (χ2v) is 7.46. The van der Waals surface area contributed by atoms with Crippen molar-refractivity contribution < 1.29 is 19.4 Å². The molecular weight excluding hydrogens is 306 g/mol. The first-order valence-corrected chi connectivity index (χ1v) is 8.84. The lowest BCUT2D eigenvalue weighted by Crippen LogP contribution is -2.41. The fourth-order valence-corrected chi connectivity index (χ4v) is 3.60. The summed E-state index contributed by atoms with van der Waals surface area (Å²) in [5.41, 5.74) is 0.0577. The van der Waals surface area contributed by atoms with Gasteiger partial charge >= 0.3 is 0 Å². The number of aliphatic hydroxyl groups is 1. The Morgan fingerprint density at radius 1 is 1.25 bits per heavy atom. The molecule has 2 N–H and O–H groups in total. The van der Waals surface area contributed by atoms with Crippen LogP contribution in [0.3, 0.4) is 0 Å². The number of nitrogens with one attached hydrogen (secondary N) is 1. The maximum Gasteiger partial charge on any atom is 0.227 e. The van der Waals surface area contributed by atoms with Gasteiger partial charge in [-0.25, -0.2) is 0 Å². The van der Waals surface area contributed by atoms with E-state index >= 15 is 0 Å². The second kappa shape index (κ2) is 7.01. The molecule has 1 heterocycles. The Morgan fingerprint density at radius 3 is 2.58 bits per heavy atom. The van der Waals surface area contributed by atoms with E-state index in [4.69, 9.17) is 9.47 Å². The van der Waals surface area contributed by atoms with E-state index in [0.29, 0.717) is 19.1 Å². The van der Waals surface area contributed by atoms with Gasteiger partial charge in [0, 0.05) is 6.54 Å². The molecule has 0 aromatic heterocycles. The van der Waals surface area contributed by atoms with Gasteiger partial charge in [-0.15, -0.1) is 0 Å². The van der Waals surface area contributed by atoms with Crippen molar-refractivity contribution in [1.82, 2.24) is 5.32 Å². The average molecular weight is 333 g/mol. The number of hydrogen-bond acceptors (Lipinski definition) is 4. The summed E-state index contributed by atoms with van der Waals surface area (Å²) >= 11 is 0. The van der Waals surface area contributed by atoms with Gasteiger partial charge in [-0.1, -0.05) is 18.9 Å². The summed E-state index contributed by atoms with van der Waals surface area (Å²) in [6, 6.07) is 5.82. The van der Waals surface area contributed by atoms with E-state index in [1.54, 1.807) is 13.8 Å². The molecule has 1 atom stereocenters. The molecule has 24 heavy (non-hydrogen) atoms. The van der Waals surface area contributed by atoms with Gasteiger partial charge < -0.3 is 19.9 Å². The van der Waals surface area contributed by atoms with Crippen LogP contribution in [0.4, 0.5) is 0 Å². The van der Waals surface area contributed by atoms with Crippen LogP contribution in [0.2, 0.25) is 0 Å². The van der Waals surface area contributed by atoms with Gasteiger partial charge in [-0.3, -0.25) is 4.79 Å². The van der Waals surface area contributed by atoms with Gasteiger partial charge in [-0.2, -0.15) is 0 Å². The number of amides is 1. The fraction of sp³-hybridized carbons (Fsp3) is 0.632. The summed E-state index contributed by atoms with van der Waals surface area (Å²) in [7, 11) is 0. The first-order chi connectivity index (χ1) is 11.4. The predicted molar refractivity (Wildman–Crippen MR) is 91.4 cm³/mol. The highest BCUT2D eigenvalue weighted by Gasteiger charge is 2.33. The third kappa shape index (κ3) is 4.01. The Labute approximate surface area is 143 Å². The molecule has 1 aromatic rings. The van der Waals surface area contributed by atoms with Crippen molar-refractivity contribution in [3.8, 4) is 11.5 Å². The molecule has 5 heteroatoms. The molecule has 0 spiro atoms. The zero-order valence-corrected chi connectivity index (χ0v) is 14.5. The molecule has 1 saturated carbocycles. The Kier molecular flexibility index (Phi) is 4.99. The van der Waals surface area contributed by atoms with Crippen LogP contribution in [0.5, 0.6) is 11.5 Å². The first-order valence-electron chi connectivity index (χ1n) is 8.84. The highest BCUT2D eigenvalue weighted by molar-refractivity contribution is 5.84. The molecule has 1 aliphatic heterocycles. The zero-order chi connectivity index (χ0) is 17.2. The van der Waals surface area contributed by atoms with Gasteiger partial charge in [0.15, 0.2) is 11.5 Å². The quantitative estimate of drug-likeness (QED) is 0.869. The molecule has 1 aliphatic carbocycles. The second-order valence-electron chi connectivity index (χ2n) is 7.46. The monoisotopic (exact) mass is 333 g/mol. The summed E-state index contributed by atoms with van der Waals surface area (Å²) in [6.45, 7) is 4.74. The largest absolute Gasteiger partial charge is 0.486 e. The smallest absolute Gasteiger partial charge is 0.227 e. The molecule has 0 bridgehead atoms. The van der Waals surface area contributed by atoms with E-state index in [-0.39, 0.29) is 18.4 Å². The van der Waals surface area contributed by atoms with E-state index in [0.717, 1.165) is 29.9 Å². The van der Waals surface area contributed by atoms with Crippen LogP contribution in [0.15, 0.2) is 18.2 Å². The van der Waals surface area contributed by atoms with Crippen LogP contribution in [-0.2, 0) is 4.79 Å². The number of benzene rings is 1. The molecule has 0 radical (unpaired) electrons. The van der Waals surface area contributed by atoms with Crippen LogP contribution in [0.1, 0.15) is 51.0 Å². The molecule has 2 aliphatic rings. The molecule has 1 fully saturated rings. The summed E-state index contributed by atoms with van der Waals surface area (Å²) in [6.07, 6.45) is 4.47.